The minimum absolute atomic E-state index is 0.157. The molecular weight excluding hydrogens is 253 g/mol. The quantitative estimate of drug-likeness (QED) is 0.921. The van der Waals surface area contributed by atoms with Gasteiger partial charge in [-0.05, 0) is 37.4 Å². The van der Waals surface area contributed by atoms with Gasteiger partial charge in [-0.2, -0.15) is 0 Å². The molecule has 1 saturated heterocycles. The molecule has 1 aliphatic rings. The Morgan fingerprint density at radius 2 is 1.95 bits per heavy atom. The molecule has 0 aromatic heterocycles. The van der Waals surface area contributed by atoms with E-state index < -0.39 is 0 Å². The lowest BCUT2D eigenvalue weighted by atomic mass is 9.86. The van der Waals surface area contributed by atoms with E-state index in [4.69, 9.17) is 4.74 Å². The Morgan fingerprint density at radius 1 is 1.20 bits per heavy atom. The first-order valence-electron chi connectivity index (χ1n) is 7.18. The van der Waals surface area contributed by atoms with Gasteiger partial charge in [-0.1, -0.05) is 30.3 Å². The number of halogens is 1. The van der Waals surface area contributed by atoms with Gasteiger partial charge in [0.15, 0.2) is 0 Å². The van der Waals surface area contributed by atoms with Gasteiger partial charge in [0, 0.05) is 24.0 Å². The molecule has 0 amide bonds. The second-order valence-corrected chi connectivity index (χ2v) is 5.48. The highest BCUT2D eigenvalue weighted by molar-refractivity contribution is 5.86. The highest BCUT2D eigenvalue weighted by atomic mass is 19.1. The van der Waals surface area contributed by atoms with Crippen LogP contribution in [0.2, 0.25) is 0 Å². The lowest BCUT2D eigenvalue weighted by Crippen LogP contribution is -2.29. The number of benzene rings is 2. The Hall–Kier alpha value is -1.45. The largest absolute Gasteiger partial charge is 0.378 e. The smallest absolute Gasteiger partial charge is 0.131 e. The van der Waals surface area contributed by atoms with E-state index in [1.54, 1.807) is 6.07 Å². The number of hydrogen-bond acceptors (Lipinski definition) is 2. The molecule has 1 heterocycles. The molecule has 1 N–H and O–H groups in total. The summed E-state index contributed by atoms with van der Waals surface area (Å²) < 4.78 is 19.6. The van der Waals surface area contributed by atoms with E-state index >= 15 is 0 Å². The fraction of sp³-hybridized carbons (Fsp3) is 0.412. The molecule has 2 aromatic carbocycles. The molecule has 0 aliphatic carbocycles. The molecule has 3 unspecified atom stereocenters. The van der Waals surface area contributed by atoms with E-state index in [2.05, 4.69) is 12.2 Å². The maximum absolute atomic E-state index is 13.9. The first-order chi connectivity index (χ1) is 9.72. The lowest BCUT2D eigenvalue weighted by Gasteiger charge is -2.27. The summed E-state index contributed by atoms with van der Waals surface area (Å²) in [6.07, 6.45) is 1.27. The van der Waals surface area contributed by atoms with Crippen LogP contribution >= 0.6 is 0 Å². The lowest BCUT2D eigenvalue weighted by molar-refractivity contribution is 0.0964. The molecule has 2 aromatic rings. The molecule has 1 fully saturated rings. The summed E-state index contributed by atoms with van der Waals surface area (Å²) in [5.74, 6) is 0.267. The fourth-order valence-electron chi connectivity index (χ4n) is 3.34. The monoisotopic (exact) mass is 273 g/mol. The van der Waals surface area contributed by atoms with Gasteiger partial charge in [0.05, 0.1) is 6.10 Å². The standard InChI is InChI=1S/C17H20FNO/c1-11-12(9-10-20-11)17(19-2)15-7-8-16(18)14-6-4-3-5-13(14)15/h3-8,11-12,17,19H,9-10H2,1-2H3. The second kappa shape index (κ2) is 5.51. The normalized spacial score (nSPS) is 24.1. The average Bonchev–Trinajstić information content (AvgIpc) is 2.89. The van der Waals surface area contributed by atoms with Crippen LogP contribution in [-0.4, -0.2) is 19.8 Å². The molecular formula is C17H20FNO. The number of fused-ring (bicyclic) bond motifs is 1. The van der Waals surface area contributed by atoms with Crippen molar-refractivity contribution in [1.29, 1.82) is 0 Å². The van der Waals surface area contributed by atoms with Gasteiger partial charge >= 0.3 is 0 Å². The summed E-state index contributed by atoms with van der Waals surface area (Å²) in [6, 6.07) is 11.4. The third-order valence-corrected chi connectivity index (χ3v) is 4.41. The van der Waals surface area contributed by atoms with Crippen molar-refractivity contribution in [2.45, 2.75) is 25.5 Å². The SMILES string of the molecule is CNC(c1ccc(F)c2ccccc12)C1CCOC1C. The van der Waals surface area contributed by atoms with Crippen molar-refractivity contribution in [2.75, 3.05) is 13.7 Å². The molecule has 3 heteroatoms. The van der Waals surface area contributed by atoms with Crippen LogP contribution in [0.5, 0.6) is 0 Å². The van der Waals surface area contributed by atoms with E-state index in [0.29, 0.717) is 11.3 Å². The zero-order chi connectivity index (χ0) is 14.1. The van der Waals surface area contributed by atoms with Crippen LogP contribution < -0.4 is 5.32 Å². The van der Waals surface area contributed by atoms with Crippen molar-refractivity contribution in [3.63, 3.8) is 0 Å². The van der Waals surface area contributed by atoms with Crippen molar-refractivity contribution in [2.24, 2.45) is 5.92 Å². The van der Waals surface area contributed by atoms with E-state index in [-0.39, 0.29) is 18.0 Å². The molecule has 3 rings (SSSR count). The summed E-state index contributed by atoms with van der Waals surface area (Å²) in [5, 5.41) is 5.08. The molecule has 0 bridgehead atoms. The van der Waals surface area contributed by atoms with Gasteiger partial charge in [-0.25, -0.2) is 4.39 Å². The Balaban J connectivity index is 2.10. The van der Waals surface area contributed by atoms with Gasteiger partial charge in [0.1, 0.15) is 5.82 Å². The number of hydrogen-bond donors (Lipinski definition) is 1. The zero-order valence-electron chi connectivity index (χ0n) is 11.9. The van der Waals surface area contributed by atoms with E-state index in [1.165, 1.54) is 0 Å². The van der Waals surface area contributed by atoms with Crippen molar-refractivity contribution in [3.8, 4) is 0 Å². The summed E-state index contributed by atoms with van der Waals surface area (Å²) >= 11 is 0. The van der Waals surface area contributed by atoms with Gasteiger partial charge in [-0.15, -0.1) is 0 Å². The number of ether oxygens (including phenoxy) is 1. The molecule has 0 spiro atoms. The van der Waals surface area contributed by atoms with E-state index in [1.807, 2.05) is 37.4 Å². The molecule has 3 atom stereocenters. The topological polar surface area (TPSA) is 21.3 Å². The highest BCUT2D eigenvalue weighted by Crippen LogP contribution is 2.36. The maximum Gasteiger partial charge on any atom is 0.131 e. The minimum Gasteiger partial charge on any atom is -0.378 e. The Morgan fingerprint density at radius 3 is 2.60 bits per heavy atom. The third-order valence-electron chi connectivity index (χ3n) is 4.41. The molecule has 2 nitrogen and oxygen atoms in total. The van der Waals surface area contributed by atoms with Crippen LogP contribution in [0.25, 0.3) is 10.8 Å². The predicted octanol–water partition coefficient (Wildman–Crippen LogP) is 3.66. The Bertz CT molecular complexity index is 613. The van der Waals surface area contributed by atoms with Gasteiger partial charge in [0.2, 0.25) is 0 Å². The Kier molecular flexibility index (Phi) is 3.72. The average molecular weight is 273 g/mol. The third kappa shape index (κ3) is 2.21. The van der Waals surface area contributed by atoms with Crippen molar-refractivity contribution < 1.29 is 9.13 Å². The fourth-order valence-corrected chi connectivity index (χ4v) is 3.34. The van der Waals surface area contributed by atoms with Gasteiger partial charge in [0.25, 0.3) is 0 Å². The van der Waals surface area contributed by atoms with Crippen LogP contribution in [-0.2, 0) is 4.74 Å². The molecule has 20 heavy (non-hydrogen) atoms. The second-order valence-electron chi connectivity index (χ2n) is 5.48. The molecule has 0 radical (unpaired) electrons. The van der Waals surface area contributed by atoms with Gasteiger partial charge < -0.3 is 10.1 Å². The van der Waals surface area contributed by atoms with Crippen LogP contribution in [0.3, 0.4) is 0 Å². The zero-order valence-corrected chi connectivity index (χ0v) is 11.9. The molecule has 106 valence electrons. The number of rotatable bonds is 3. The Labute approximate surface area is 118 Å². The summed E-state index contributed by atoms with van der Waals surface area (Å²) in [5.41, 5.74) is 1.16. The van der Waals surface area contributed by atoms with E-state index in [9.17, 15) is 4.39 Å². The van der Waals surface area contributed by atoms with E-state index in [0.717, 1.165) is 24.0 Å². The highest BCUT2D eigenvalue weighted by Gasteiger charge is 2.32. The molecule has 0 saturated carbocycles. The summed E-state index contributed by atoms with van der Waals surface area (Å²) in [7, 11) is 1.97. The predicted molar refractivity (Wildman–Crippen MR) is 79.2 cm³/mol. The van der Waals surface area contributed by atoms with Crippen LogP contribution in [0.1, 0.15) is 24.9 Å². The van der Waals surface area contributed by atoms with Crippen LogP contribution in [0.4, 0.5) is 4.39 Å². The summed E-state index contributed by atoms with van der Waals surface area (Å²) in [6.45, 7) is 2.93. The minimum atomic E-state index is -0.157. The summed E-state index contributed by atoms with van der Waals surface area (Å²) in [4.78, 5) is 0. The first kappa shape index (κ1) is 13.5. The van der Waals surface area contributed by atoms with Crippen molar-refractivity contribution >= 4 is 10.8 Å². The number of nitrogens with one attached hydrogen (secondary N) is 1. The molecule has 1 aliphatic heterocycles. The maximum atomic E-state index is 13.9. The van der Waals surface area contributed by atoms with Crippen molar-refractivity contribution in [1.82, 2.24) is 5.32 Å². The van der Waals surface area contributed by atoms with Crippen LogP contribution in [0.15, 0.2) is 36.4 Å². The van der Waals surface area contributed by atoms with Crippen molar-refractivity contribution in [3.05, 3.63) is 47.8 Å². The van der Waals surface area contributed by atoms with Crippen LogP contribution in [0, 0.1) is 11.7 Å². The van der Waals surface area contributed by atoms with Gasteiger partial charge in [-0.3, -0.25) is 0 Å². The first-order valence-corrected chi connectivity index (χ1v) is 7.18.